The Morgan fingerprint density at radius 1 is 1.59 bits per heavy atom. The molecule has 0 aliphatic carbocycles. The van der Waals surface area contributed by atoms with Gasteiger partial charge in [0, 0.05) is 38.4 Å². The van der Waals surface area contributed by atoms with Crippen LogP contribution < -0.4 is 10.6 Å². The van der Waals surface area contributed by atoms with Crippen molar-refractivity contribution in [1.82, 2.24) is 4.98 Å². The van der Waals surface area contributed by atoms with Crippen LogP contribution in [0.1, 0.15) is 24.9 Å². The smallest absolute Gasteiger partial charge is 0.128 e. The quantitative estimate of drug-likeness (QED) is 0.860. The van der Waals surface area contributed by atoms with Crippen LogP contribution in [0.2, 0.25) is 0 Å². The molecule has 4 nitrogen and oxygen atoms in total. The van der Waals surface area contributed by atoms with E-state index in [1.54, 1.807) is 7.11 Å². The molecular formula is C13H21N3O. The van der Waals surface area contributed by atoms with Crippen LogP contribution in [0.4, 0.5) is 5.82 Å². The highest BCUT2D eigenvalue weighted by atomic mass is 16.5. The summed E-state index contributed by atoms with van der Waals surface area (Å²) >= 11 is 0. The number of nitrogens with two attached hydrogens (primary N) is 1. The number of rotatable bonds is 4. The third kappa shape index (κ3) is 2.96. The molecule has 1 aromatic rings. The average molecular weight is 235 g/mol. The number of hydrogen-bond donors (Lipinski definition) is 1. The van der Waals surface area contributed by atoms with E-state index >= 15 is 0 Å². The minimum atomic E-state index is 0.0522. The Morgan fingerprint density at radius 2 is 2.41 bits per heavy atom. The SMILES string of the molecule is COCC1CCN(c2ccc([C@@H](C)N)cn2)C1. The number of pyridine rings is 1. The van der Waals surface area contributed by atoms with Gasteiger partial charge in [0.25, 0.3) is 0 Å². The van der Waals surface area contributed by atoms with Gasteiger partial charge in [0.2, 0.25) is 0 Å². The topological polar surface area (TPSA) is 51.4 Å². The molecule has 0 amide bonds. The molecule has 1 aliphatic rings. The van der Waals surface area contributed by atoms with Gasteiger partial charge < -0.3 is 15.4 Å². The minimum absolute atomic E-state index is 0.0522. The molecule has 1 fully saturated rings. The van der Waals surface area contributed by atoms with Gasteiger partial charge in [0.1, 0.15) is 5.82 Å². The van der Waals surface area contributed by atoms with Gasteiger partial charge in [-0.15, -0.1) is 0 Å². The van der Waals surface area contributed by atoms with E-state index in [1.165, 1.54) is 6.42 Å². The molecule has 94 valence electrons. The summed E-state index contributed by atoms with van der Waals surface area (Å²) in [4.78, 5) is 6.80. The van der Waals surface area contributed by atoms with Crippen molar-refractivity contribution < 1.29 is 4.74 Å². The van der Waals surface area contributed by atoms with Gasteiger partial charge in [0.15, 0.2) is 0 Å². The van der Waals surface area contributed by atoms with Crippen LogP contribution in [-0.4, -0.2) is 31.8 Å². The zero-order valence-electron chi connectivity index (χ0n) is 10.6. The molecule has 0 spiro atoms. The van der Waals surface area contributed by atoms with Crippen LogP contribution in [0.25, 0.3) is 0 Å². The van der Waals surface area contributed by atoms with E-state index in [4.69, 9.17) is 10.5 Å². The van der Waals surface area contributed by atoms with Crippen molar-refractivity contribution in [2.45, 2.75) is 19.4 Å². The first-order chi connectivity index (χ1) is 8.20. The second-order valence-electron chi connectivity index (χ2n) is 4.79. The summed E-state index contributed by atoms with van der Waals surface area (Å²) in [5, 5.41) is 0. The number of methoxy groups -OCH3 is 1. The lowest BCUT2D eigenvalue weighted by atomic mass is 10.1. The van der Waals surface area contributed by atoms with Gasteiger partial charge in [0.05, 0.1) is 6.61 Å². The Morgan fingerprint density at radius 3 is 3.00 bits per heavy atom. The minimum Gasteiger partial charge on any atom is -0.384 e. The van der Waals surface area contributed by atoms with Gasteiger partial charge in [-0.3, -0.25) is 0 Å². The third-order valence-electron chi connectivity index (χ3n) is 3.31. The van der Waals surface area contributed by atoms with Crippen molar-refractivity contribution in [3.8, 4) is 0 Å². The third-order valence-corrected chi connectivity index (χ3v) is 3.31. The van der Waals surface area contributed by atoms with Crippen LogP contribution in [0.3, 0.4) is 0 Å². The first kappa shape index (κ1) is 12.3. The lowest BCUT2D eigenvalue weighted by Crippen LogP contribution is -2.22. The van der Waals surface area contributed by atoms with Crippen LogP contribution in [0.5, 0.6) is 0 Å². The fourth-order valence-electron chi connectivity index (χ4n) is 2.27. The molecule has 0 saturated carbocycles. The molecule has 2 N–H and O–H groups in total. The predicted octanol–water partition coefficient (Wildman–Crippen LogP) is 1.57. The Labute approximate surface area is 103 Å². The van der Waals surface area contributed by atoms with Crippen molar-refractivity contribution in [3.05, 3.63) is 23.9 Å². The molecule has 0 bridgehead atoms. The molecule has 4 heteroatoms. The molecule has 2 atom stereocenters. The molecule has 1 aromatic heterocycles. The van der Waals surface area contributed by atoms with Gasteiger partial charge in [-0.2, -0.15) is 0 Å². The molecule has 2 rings (SSSR count). The molecule has 1 unspecified atom stereocenters. The fraction of sp³-hybridized carbons (Fsp3) is 0.615. The zero-order chi connectivity index (χ0) is 12.3. The normalized spacial score (nSPS) is 21.8. The van der Waals surface area contributed by atoms with Crippen molar-refractivity contribution in [2.75, 3.05) is 31.7 Å². The number of hydrogen-bond acceptors (Lipinski definition) is 4. The number of nitrogens with zero attached hydrogens (tertiary/aromatic N) is 2. The molecule has 0 aromatic carbocycles. The largest absolute Gasteiger partial charge is 0.384 e. The van der Waals surface area contributed by atoms with E-state index < -0.39 is 0 Å². The molecule has 2 heterocycles. The molecular weight excluding hydrogens is 214 g/mol. The lowest BCUT2D eigenvalue weighted by Gasteiger charge is -2.18. The van der Waals surface area contributed by atoms with Crippen molar-refractivity contribution in [2.24, 2.45) is 11.7 Å². The Kier molecular flexibility index (Phi) is 3.97. The standard InChI is InChI=1S/C13H21N3O/c1-10(14)12-3-4-13(15-7-12)16-6-5-11(8-16)9-17-2/h3-4,7,10-11H,5-6,8-9,14H2,1-2H3/t10-,11?/m1/s1. The molecule has 1 aliphatic heterocycles. The van der Waals surface area contributed by atoms with Gasteiger partial charge in [-0.1, -0.05) is 6.07 Å². The summed E-state index contributed by atoms with van der Waals surface area (Å²) in [6.45, 7) is 4.92. The lowest BCUT2D eigenvalue weighted by molar-refractivity contribution is 0.161. The number of ether oxygens (including phenoxy) is 1. The summed E-state index contributed by atoms with van der Waals surface area (Å²) in [7, 11) is 1.76. The summed E-state index contributed by atoms with van der Waals surface area (Å²) in [6, 6.07) is 4.18. The van der Waals surface area contributed by atoms with Gasteiger partial charge in [-0.25, -0.2) is 4.98 Å². The van der Waals surface area contributed by atoms with Crippen LogP contribution >= 0.6 is 0 Å². The van der Waals surface area contributed by atoms with Crippen molar-refractivity contribution >= 4 is 5.82 Å². The van der Waals surface area contributed by atoms with E-state index in [1.807, 2.05) is 13.1 Å². The second kappa shape index (κ2) is 5.47. The first-order valence-electron chi connectivity index (χ1n) is 6.16. The highest BCUT2D eigenvalue weighted by Gasteiger charge is 2.23. The Bertz CT molecular complexity index is 350. The van der Waals surface area contributed by atoms with E-state index in [0.29, 0.717) is 5.92 Å². The molecule has 17 heavy (non-hydrogen) atoms. The van der Waals surface area contributed by atoms with Crippen molar-refractivity contribution in [1.29, 1.82) is 0 Å². The number of anilines is 1. The zero-order valence-corrected chi connectivity index (χ0v) is 10.6. The summed E-state index contributed by atoms with van der Waals surface area (Å²) in [5.74, 6) is 1.68. The maximum Gasteiger partial charge on any atom is 0.128 e. The summed E-state index contributed by atoms with van der Waals surface area (Å²) in [6.07, 6.45) is 3.06. The van der Waals surface area contributed by atoms with E-state index in [0.717, 1.165) is 31.1 Å². The molecule has 1 saturated heterocycles. The monoisotopic (exact) mass is 235 g/mol. The Hall–Kier alpha value is -1.13. The maximum atomic E-state index is 5.81. The van der Waals surface area contributed by atoms with Gasteiger partial charge in [-0.05, 0) is 25.0 Å². The molecule has 0 radical (unpaired) electrons. The van der Waals surface area contributed by atoms with Gasteiger partial charge >= 0.3 is 0 Å². The van der Waals surface area contributed by atoms with Crippen LogP contribution in [0.15, 0.2) is 18.3 Å². The highest BCUT2D eigenvalue weighted by molar-refractivity contribution is 5.40. The number of aromatic nitrogens is 1. The van der Waals surface area contributed by atoms with E-state index in [9.17, 15) is 0 Å². The average Bonchev–Trinajstić information content (AvgIpc) is 2.78. The first-order valence-corrected chi connectivity index (χ1v) is 6.16. The van der Waals surface area contributed by atoms with E-state index in [-0.39, 0.29) is 6.04 Å². The van der Waals surface area contributed by atoms with Crippen molar-refractivity contribution in [3.63, 3.8) is 0 Å². The van der Waals surface area contributed by atoms with E-state index in [2.05, 4.69) is 22.0 Å². The second-order valence-corrected chi connectivity index (χ2v) is 4.79. The maximum absolute atomic E-state index is 5.81. The Balaban J connectivity index is 1.99. The summed E-state index contributed by atoms with van der Waals surface area (Å²) in [5.41, 5.74) is 6.89. The van der Waals surface area contributed by atoms with Crippen LogP contribution in [0, 0.1) is 5.92 Å². The predicted molar refractivity (Wildman–Crippen MR) is 69.0 cm³/mol. The highest BCUT2D eigenvalue weighted by Crippen LogP contribution is 2.22. The fourth-order valence-corrected chi connectivity index (χ4v) is 2.27. The summed E-state index contributed by atoms with van der Waals surface area (Å²) < 4.78 is 5.20. The van der Waals surface area contributed by atoms with Crippen LogP contribution in [-0.2, 0) is 4.74 Å².